The molecule has 0 spiro atoms. The van der Waals surface area contributed by atoms with Gasteiger partial charge in [0.1, 0.15) is 6.04 Å². The van der Waals surface area contributed by atoms with Crippen LogP contribution in [0.1, 0.15) is 19.3 Å². The summed E-state index contributed by atoms with van der Waals surface area (Å²) in [4.78, 5) is 23.4. The third-order valence-electron chi connectivity index (χ3n) is 2.87. The molecule has 3 N–H and O–H groups in total. The summed E-state index contributed by atoms with van der Waals surface area (Å²) in [5.74, 6) is -0.101. The molecule has 1 saturated heterocycles. The quantitative estimate of drug-likeness (QED) is 0.740. The van der Waals surface area contributed by atoms with E-state index in [0.29, 0.717) is 18.7 Å². The van der Waals surface area contributed by atoms with Gasteiger partial charge >= 0.3 is 6.03 Å². The molecule has 1 aromatic rings. The van der Waals surface area contributed by atoms with Gasteiger partial charge in [-0.15, -0.1) is 0 Å². The van der Waals surface area contributed by atoms with E-state index in [1.165, 1.54) is 0 Å². The Morgan fingerprint density at radius 1 is 1.22 bits per heavy atom. The summed E-state index contributed by atoms with van der Waals surface area (Å²) in [5.41, 5.74) is 0.712. The molecular formula is C13H17N3O2. The molecule has 96 valence electrons. The summed E-state index contributed by atoms with van der Waals surface area (Å²) in [6.07, 6.45) is 2.59. The fourth-order valence-corrected chi connectivity index (χ4v) is 1.92. The summed E-state index contributed by atoms with van der Waals surface area (Å²) < 4.78 is 0. The van der Waals surface area contributed by atoms with E-state index in [0.717, 1.165) is 12.8 Å². The average molecular weight is 247 g/mol. The highest BCUT2D eigenvalue weighted by atomic mass is 16.2. The maximum Gasteiger partial charge on any atom is 0.319 e. The highest BCUT2D eigenvalue weighted by Crippen LogP contribution is 2.07. The van der Waals surface area contributed by atoms with E-state index < -0.39 is 6.04 Å². The molecule has 1 heterocycles. The third-order valence-corrected chi connectivity index (χ3v) is 2.87. The van der Waals surface area contributed by atoms with E-state index in [9.17, 15) is 9.59 Å². The van der Waals surface area contributed by atoms with Gasteiger partial charge in [-0.3, -0.25) is 4.79 Å². The molecule has 1 aliphatic heterocycles. The van der Waals surface area contributed by atoms with E-state index in [-0.39, 0.29) is 11.9 Å². The first-order valence-corrected chi connectivity index (χ1v) is 6.16. The Morgan fingerprint density at radius 2 is 2.00 bits per heavy atom. The summed E-state index contributed by atoms with van der Waals surface area (Å²) in [7, 11) is 0. The number of rotatable bonds is 2. The molecule has 5 heteroatoms. The Hall–Kier alpha value is -2.04. The number of nitrogens with one attached hydrogen (secondary N) is 3. The zero-order valence-corrected chi connectivity index (χ0v) is 10.1. The standard InChI is InChI=1S/C13H17N3O2/c17-12-11(8-4-5-9-14-12)16-13(18)15-10-6-2-1-3-7-10/h1-3,6-7,11H,4-5,8-9H2,(H,14,17)(H2,15,16,18)/t11-/m0/s1. The minimum Gasteiger partial charge on any atom is -0.354 e. The first-order valence-electron chi connectivity index (χ1n) is 6.16. The van der Waals surface area contributed by atoms with Crippen molar-refractivity contribution < 1.29 is 9.59 Å². The number of hydrogen-bond donors (Lipinski definition) is 3. The van der Waals surface area contributed by atoms with E-state index in [2.05, 4.69) is 16.0 Å². The molecule has 18 heavy (non-hydrogen) atoms. The normalized spacial score (nSPS) is 19.6. The van der Waals surface area contributed by atoms with Crippen LogP contribution in [0.5, 0.6) is 0 Å². The van der Waals surface area contributed by atoms with Crippen molar-refractivity contribution in [3.63, 3.8) is 0 Å². The van der Waals surface area contributed by atoms with Crippen molar-refractivity contribution in [1.82, 2.24) is 10.6 Å². The Bertz CT molecular complexity index is 420. The van der Waals surface area contributed by atoms with E-state index >= 15 is 0 Å². The van der Waals surface area contributed by atoms with Gasteiger partial charge in [0.05, 0.1) is 0 Å². The van der Waals surface area contributed by atoms with Crippen LogP contribution in [0.3, 0.4) is 0 Å². The van der Waals surface area contributed by atoms with Crippen LogP contribution in [0.4, 0.5) is 10.5 Å². The van der Waals surface area contributed by atoms with Gasteiger partial charge in [0.2, 0.25) is 5.91 Å². The first-order chi connectivity index (χ1) is 8.75. The van der Waals surface area contributed by atoms with Crippen LogP contribution >= 0.6 is 0 Å². The second-order valence-electron chi connectivity index (χ2n) is 4.30. The lowest BCUT2D eigenvalue weighted by Gasteiger charge is -2.15. The molecule has 1 aromatic carbocycles. The Kier molecular flexibility index (Phi) is 4.17. The molecule has 1 aliphatic rings. The van der Waals surface area contributed by atoms with Crippen molar-refractivity contribution in [3.05, 3.63) is 30.3 Å². The number of benzene rings is 1. The van der Waals surface area contributed by atoms with Crippen LogP contribution in [0.2, 0.25) is 0 Å². The fraction of sp³-hybridized carbons (Fsp3) is 0.385. The van der Waals surface area contributed by atoms with Crippen molar-refractivity contribution in [3.8, 4) is 0 Å². The predicted molar refractivity (Wildman–Crippen MR) is 69.2 cm³/mol. The molecule has 3 amide bonds. The zero-order valence-electron chi connectivity index (χ0n) is 10.1. The molecule has 0 radical (unpaired) electrons. The van der Waals surface area contributed by atoms with E-state index in [4.69, 9.17) is 0 Å². The molecule has 0 saturated carbocycles. The number of anilines is 1. The lowest BCUT2D eigenvalue weighted by Crippen LogP contribution is -2.46. The molecule has 0 aromatic heterocycles. The summed E-state index contributed by atoms with van der Waals surface area (Å²) >= 11 is 0. The van der Waals surface area contributed by atoms with Gasteiger partial charge < -0.3 is 16.0 Å². The molecule has 0 aliphatic carbocycles. The van der Waals surface area contributed by atoms with Gasteiger partial charge in [-0.1, -0.05) is 18.2 Å². The zero-order chi connectivity index (χ0) is 12.8. The first kappa shape index (κ1) is 12.4. The molecular weight excluding hydrogens is 230 g/mol. The molecule has 0 unspecified atom stereocenters. The lowest BCUT2D eigenvalue weighted by atomic mass is 10.1. The third kappa shape index (κ3) is 3.48. The number of hydrogen-bond acceptors (Lipinski definition) is 2. The minimum absolute atomic E-state index is 0.101. The summed E-state index contributed by atoms with van der Waals surface area (Å²) in [5, 5.41) is 8.18. The number of urea groups is 1. The van der Waals surface area contributed by atoms with Gasteiger partial charge in [-0.25, -0.2) is 4.79 Å². The number of para-hydroxylation sites is 1. The molecule has 2 rings (SSSR count). The molecule has 5 nitrogen and oxygen atoms in total. The van der Waals surface area contributed by atoms with Crippen LogP contribution in [-0.2, 0) is 4.79 Å². The highest BCUT2D eigenvalue weighted by molar-refractivity contribution is 5.93. The number of carbonyl (C=O) groups excluding carboxylic acids is 2. The van der Waals surface area contributed by atoms with Crippen LogP contribution in [-0.4, -0.2) is 24.5 Å². The molecule has 1 fully saturated rings. The van der Waals surface area contributed by atoms with Crippen molar-refractivity contribution in [2.24, 2.45) is 0 Å². The maximum absolute atomic E-state index is 11.7. The molecule has 1 atom stereocenters. The minimum atomic E-state index is -0.434. The van der Waals surface area contributed by atoms with Gasteiger partial charge in [-0.05, 0) is 31.4 Å². The van der Waals surface area contributed by atoms with Crippen molar-refractivity contribution in [1.29, 1.82) is 0 Å². The Morgan fingerprint density at radius 3 is 2.78 bits per heavy atom. The van der Waals surface area contributed by atoms with Gasteiger partial charge in [0.25, 0.3) is 0 Å². The number of amides is 3. The SMILES string of the molecule is O=C(Nc1ccccc1)N[C@H]1CCCCNC1=O. The van der Waals surface area contributed by atoms with Gasteiger partial charge in [0.15, 0.2) is 0 Å². The fourth-order valence-electron chi connectivity index (χ4n) is 1.92. The largest absolute Gasteiger partial charge is 0.354 e. The van der Waals surface area contributed by atoms with Crippen molar-refractivity contribution >= 4 is 17.6 Å². The van der Waals surface area contributed by atoms with Crippen molar-refractivity contribution in [2.75, 3.05) is 11.9 Å². The Labute approximate surface area is 106 Å². The number of carbonyl (C=O) groups is 2. The maximum atomic E-state index is 11.7. The van der Waals surface area contributed by atoms with Crippen LogP contribution in [0, 0.1) is 0 Å². The van der Waals surface area contributed by atoms with Gasteiger partial charge in [-0.2, -0.15) is 0 Å². The highest BCUT2D eigenvalue weighted by Gasteiger charge is 2.22. The lowest BCUT2D eigenvalue weighted by molar-refractivity contribution is -0.122. The van der Waals surface area contributed by atoms with Crippen LogP contribution in [0.25, 0.3) is 0 Å². The monoisotopic (exact) mass is 247 g/mol. The van der Waals surface area contributed by atoms with Crippen LogP contribution < -0.4 is 16.0 Å². The predicted octanol–water partition coefficient (Wildman–Crippen LogP) is 1.48. The summed E-state index contributed by atoms with van der Waals surface area (Å²) in [6.45, 7) is 0.692. The van der Waals surface area contributed by atoms with E-state index in [1.807, 2.05) is 18.2 Å². The second-order valence-corrected chi connectivity index (χ2v) is 4.30. The van der Waals surface area contributed by atoms with E-state index in [1.54, 1.807) is 12.1 Å². The van der Waals surface area contributed by atoms with Crippen LogP contribution in [0.15, 0.2) is 30.3 Å². The van der Waals surface area contributed by atoms with Gasteiger partial charge in [0, 0.05) is 12.2 Å². The Balaban J connectivity index is 1.88. The average Bonchev–Trinajstić information content (AvgIpc) is 2.56. The summed E-state index contributed by atoms with van der Waals surface area (Å²) in [6, 6.07) is 8.38. The van der Waals surface area contributed by atoms with Crippen molar-refractivity contribution in [2.45, 2.75) is 25.3 Å². The topological polar surface area (TPSA) is 70.2 Å². The molecule has 0 bridgehead atoms. The smallest absolute Gasteiger partial charge is 0.319 e. The second kappa shape index (κ2) is 6.05.